The van der Waals surface area contributed by atoms with E-state index < -0.39 is 12.7 Å². The van der Waals surface area contributed by atoms with Crippen molar-refractivity contribution in [1.82, 2.24) is 15.5 Å². The Labute approximate surface area is 148 Å². The summed E-state index contributed by atoms with van der Waals surface area (Å²) in [6.07, 6.45) is -3.34. The van der Waals surface area contributed by atoms with Crippen LogP contribution in [-0.4, -0.2) is 55.3 Å². The predicted molar refractivity (Wildman–Crippen MR) is 94.9 cm³/mol. The van der Waals surface area contributed by atoms with Crippen LogP contribution in [-0.2, 0) is 0 Å². The van der Waals surface area contributed by atoms with Crippen molar-refractivity contribution < 1.29 is 13.2 Å². The van der Waals surface area contributed by atoms with E-state index in [1.165, 1.54) is 4.90 Å². The summed E-state index contributed by atoms with van der Waals surface area (Å²) in [5, 5.41) is 6.43. The zero-order valence-electron chi connectivity index (χ0n) is 13.8. The van der Waals surface area contributed by atoms with Crippen LogP contribution in [0.1, 0.15) is 34.1 Å². The van der Waals surface area contributed by atoms with Gasteiger partial charge in [0.1, 0.15) is 0 Å². The Hall–Kier alpha value is -0.250. The maximum Gasteiger partial charge on any atom is 0.401 e. The molecule has 1 rings (SSSR count). The number of aliphatic imine (C=N–C) groups is 1. The van der Waals surface area contributed by atoms with E-state index in [0.29, 0.717) is 19.6 Å². The summed E-state index contributed by atoms with van der Waals surface area (Å²) >= 11 is 0. The lowest BCUT2D eigenvalue weighted by atomic mass is 10.1. The molecule has 1 aliphatic rings. The second-order valence-electron chi connectivity index (χ2n) is 6.60. The molecule has 0 spiro atoms. The molecule has 8 heteroatoms. The highest BCUT2D eigenvalue weighted by Crippen LogP contribution is 2.22. The van der Waals surface area contributed by atoms with E-state index >= 15 is 0 Å². The topological polar surface area (TPSA) is 39.7 Å². The molecule has 1 unspecified atom stereocenters. The van der Waals surface area contributed by atoms with Gasteiger partial charge in [0.05, 0.1) is 6.54 Å². The minimum Gasteiger partial charge on any atom is -0.357 e. The molecular weight excluding hydrogens is 408 g/mol. The van der Waals surface area contributed by atoms with Gasteiger partial charge in [-0.05, 0) is 46.6 Å². The van der Waals surface area contributed by atoms with Crippen molar-refractivity contribution in [2.45, 2.75) is 45.8 Å². The van der Waals surface area contributed by atoms with Gasteiger partial charge in [-0.2, -0.15) is 13.2 Å². The summed E-state index contributed by atoms with van der Waals surface area (Å²) in [5.41, 5.74) is -0.0982. The first-order valence-electron chi connectivity index (χ1n) is 7.44. The van der Waals surface area contributed by atoms with Crippen LogP contribution in [0.15, 0.2) is 4.99 Å². The van der Waals surface area contributed by atoms with Crippen LogP contribution in [0.4, 0.5) is 13.2 Å². The first kappa shape index (κ1) is 21.8. The number of nitrogens with one attached hydrogen (secondary N) is 2. The van der Waals surface area contributed by atoms with Crippen LogP contribution in [0.25, 0.3) is 0 Å². The zero-order valence-corrected chi connectivity index (χ0v) is 16.1. The lowest BCUT2D eigenvalue weighted by Crippen LogP contribution is -2.47. The fourth-order valence-corrected chi connectivity index (χ4v) is 2.34. The van der Waals surface area contributed by atoms with Crippen molar-refractivity contribution in [2.24, 2.45) is 10.9 Å². The third-order valence-electron chi connectivity index (χ3n) is 3.12. The molecule has 1 heterocycles. The highest BCUT2D eigenvalue weighted by atomic mass is 127. The van der Waals surface area contributed by atoms with Gasteiger partial charge in [0.25, 0.3) is 0 Å². The Morgan fingerprint density at radius 1 is 1.27 bits per heavy atom. The minimum absolute atomic E-state index is 0. The molecule has 0 bridgehead atoms. The van der Waals surface area contributed by atoms with E-state index in [4.69, 9.17) is 0 Å². The lowest BCUT2D eigenvalue weighted by molar-refractivity contribution is -0.143. The number of hydrogen-bond acceptors (Lipinski definition) is 2. The van der Waals surface area contributed by atoms with E-state index in [-0.39, 0.29) is 35.4 Å². The molecule has 1 fully saturated rings. The van der Waals surface area contributed by atoms with Crippen LogP contribution in [0.5, 0.6) is 0 Å². The van der Waals surface area contributed by atoms with Crippen molar-refractivity contribution in [3.05, 3.63) is 0 Å². The molecule has 0 aromatic heterocycles. The summed E-state index contributed by atoms with van der Waals surface area (Å²) in [6, 6.07) is 0. The summed E-state index contributed by atoms with van der Waals surface area (Å²) < 4.78 is 37.0. The number of rotatable bonds is 4. The Morgan fingerprint density at radius 2 is 1.91 bits per heavy atom. The third kappa shape index (κ3) is 9.70. The monoisotopic (exact) mass is 436 g/mol. The first-order valence-corrected chi connectivity index (χ1v) is 7.44. The Kier molecular flexibility index (Phi) is 9.04. The highest BCUT2D eigenvalue weighted by molar-refractivity contribution is 14.0. The number of guanidine groups is 1. The molecule has 2 N–H and O–H groups in total. The summed E-state index contributed by atoms with van der Waals surface area (Å²) in [6.45, 7) is 9.59. The van der Waals surface area contributed by atoms with Gasteiger partial charge < -0.3 is 10.6 Å². The summed E-state index contributed by atoms with van der Waals surface area (Å²) in [5.74, 6) is 0.919. The quantitative estimate of drug-likeness (QED) is 0.405. The second-order valence-corrected chi connectivity index (χ2v) is 6.60. The van der Waals surface area contributed by atoms with Gasteiger partial charge in [0.15, 0.2) is 5.96 Å². The Morgan fingerprint density at radius 3 is 2.41 bits per heavy atom. The van der Waals surface area contributed by atoms with Crippen molar-refractivity contribution in [3.8, 4) is 0 Å². The van der Waals surface area contributed by atoms with E-state index in [2.05, 4.69) is 15.6 Å². The number of nitrogens with zero attached hydrogens (tertiary/aromatic N) is 2. The zero-order chi connectivity index (χ0) is 16.1. The molecule has 4 nitrogen and oxygen atoms in total. The van der Waals surface area contributed by atoms with E-state index in [1.54, 1.807) is 0 Å². The largest absolute Gasteiger partial charge is 0.401 e. The average Bonchev–Trinajstić information content (AvgIpc) is 2.69. The van der Waals surface area contributed by atoms with Crippen LogP contribution >= 0.6 is 24.0 Å². The van der Waals surface area contributed by atoms with Gasteiger partial charge in [-0.15, -0.1) is 24.0 Å². The van der Waals surface area contributed by atoms with Crippen LogP contribution < -0.4 is 10.6 Å². The lowest BCUT2D eigenvalue weighted by Gasteiger charge is -2.24. The molecule has 0 radical (unpaired) electrons. The highest BCUT2D eigenvalue weighted by Gasteiger charge is 2.34. The van der Waals surface area contributed by atoms with E-state index in [9.17, 15) is 13.2 Å². The molecule has 0 aromatic rings. The van der Waals surface area contributed by atoms with Crippen molar-refractivity contribution in [3.63, 3.8) is 0 Å². The van der Waals surface area contributed by atoms with Gasteiger partial charge in [-0.3, -0.25) is 9.89 Å². The molecule has 0 saturated carbocycles. The van der Waals surface area contributed by atoms with Gasteiger partial charge in [0.2, 0.25) is 0 Å². The van der Waals surface area contributed by atoms with E-state index in [1.807, 2.05) is 27.7 Å². The molecule has 0 aliphatic carbocycles. The Balaban J connectivity index is 0.00000441. The fourth-order valence-electron chi connectivity index (χ4n) is 2.34. The molecule has 1 aliphatic heterocycles. The number of likely N-dealkylation sites (tertiary alicyclic amines) is 1. The van der Waals surface area contributed by atoms with Crippen molar-refractivity contribution in [2.75, 3.05) is 32.7 Å². The smallest absolute Gasteiger partial charge is 0.357 e. The molecular formula is C14H28F3IN4. The maximum absolute atomic E-state index is 12.3. The van der Waals surface area contributed by atoms with Gasteiger partial charge in [0, 0.05) is 25.2 Å². The van der Waals surface area contributed by atoms with Gasteiger partial charge >= 0.3 is 6.18 Å². The van der Waals surface area contributed by atoms with E-state index in [0.717, 1.165) is 18.9 Å². The van der Waals surface area contributed by atoms with Crippen molar-refractivity contribution in [1.29, 1.82) is 0 Å². The van der Waals surface area contributed by atoms with Gasteiger partial charge in [-0.1, -0.05) is 0 Å². The molecule has 22 heavy (non-hydrogen) atoms. The fraction of sp³-hybridized carbons (Fsp3) is 0.929. The minimum atomic E-state index is -4.11. The molecule has 0 aromatic carbocycles. The predicted octanol–water partition coefficient (Wildman–Crippen LogP) is 2.84. The standard InChI is InChI=1S/C14H27F3N4.HI/c1-5-18-12(20-13(2,3)4)19-8-11-6-7-21(9-11)10-14(15,16)17;/h11H,5-10H2,1-4H3,(H2,18,19,20);1H. The van der Waals surface area contributed by atoms with Crippen LogP contribution in [0, 0.1) is 5.92 Å². The normalized spacial score (nSPS) is 20.7. The van der Waals surface area contributed by atoms with Crippen LogP contribution in [0.2, 0.25) is 0 Å². The number of alkyl halides is 3. The number of halogens is 4. The van der Waals surface area contributed by atoms with Crippen LogP contribution in [0.3, 0.4) is 0 Å². The molecule has 132 valence electrons. The summed E-state index contributed by atoms with van der Waals surface area (Å²) in [7, 11) is 0. The molecule has 1 saturated heterocycles. The average molecular weight is 436 g/mol. The second kappa shape index (κ2) is 9.14. The van der Waals surface area contributed by atoms with Gasteiger partial charge in [-0.25, -0.2) is 0 Å². The van der Waals surface area contributed by atoms with Crippen molar-refractivity contribution >= 4 is 29.9 Å². The first-order chi connectivity index (χ1) is 9.59. The number of hydrogen-bond donors (Lipinski definition) is 2. The third-order valence-corrected chi connectivity index (χ3v) is 3.12. The summed E-state index contributed by atoms with van der Waals surface area (Å²) in [4.78, 5) is 5.96. The Bertz CT molecular complexity index is 353. The molecule has 0 amide bonds. The maximum atomic E-state index is 12.3. The SMILES string of the molecule is CCNC(=NCC1CCN(CC(F)(F)F)C1)NC(C)(C)C.I. The molecule has 1 atom stereocenters.